The number of benzene rings is 1. The van der Waals surface area contributed by atoms with E-state index < -0.39 is 6.04 Å². The van der Waals surface area contributed by atoms with E-state index in [9.17, 15) is 10.1 Å². The zero-order valence-corrected chi connectivity index (χ0v) is 12.3. The highest BCUT2D eigenvalue weighted by molar-refractivity contribution is 5.89. The molecule has 0 saturated heterocycles. The lowest BCUT2D eigenvalue weighted by Crippen LogP contribution is -2.42. The molecule has 0 heterocycles. The first-order valence-electron chi connectivity index (χ1n) is 7.34. The number of amides is 2. The smallest absolute Gasteiger partial charge is 0.320 e. The van der Waals surface area contributed by atoms with Gasteiger partial charge in [0.25, 0.3) is 0 Å². The summed E-state index contributed by atoms with van der Waals surface area (Å²) in [5.41, 5.74) is 0.646. The van der Waals surface area contributed by atoms with Crippen molar-refractivity contribution in [3.63, 3.8) is 0 Å². The van der Waals surface area contributed by atoms with Crippen molar-refractivity contribution in [1.82, 2.24) is 5.32 Å². The molecule has 1 saturated carbocycles. The van der Waals surface area contributed by atoms with Crippen LogP contribution in [0.3, 0.4) is 0 Å². The topological polar surface area (TPSA) is 74.2 Å². The van der Waals surface area contributed by atoms with Gasteiger partial charge in [0.15, 0.2) is 0 Å². The maximum atomic E-state index is 12.0. The van der Waals surface area contributed by atoms with Crippen LogP contribution in [0.1, 0.15) is 32.1 Å². The number of carbonyl (C=O) groups excluding carboxylic acids is 1. The first kappa shape index (κ1) is 15.2. The number of methoxy groups -OCH3 is 1. The zero-order chi connectivity index (χ0) is 15.1. The van der Waals surface area contributed by atoms with Gasteiger partial charge in [-0.25, -0.2) is 4.79 Å². The van der Waals surface area contributed by atoms with Crippen LogP contribution in [0.4, 0.5) is 10.5 Å². The van der Waals surface area contributed by atoms with E-state index in [1.54, 1.807) is 25.3 Å². The van der Waals surface area contributed by atoms with Gasteiger partial charge in [0.1, 0.15) is 11.8 Å². The number of rotatable bonds is 4. The molecule has 21 heavy (non-hydrogen) atoms. The molecule has 1 aliphatic rings. The molecule has 1 aromatic carbocycles. The van der Waals surface area contributed by atoms with Crippen molar-refractivity contribution >= 4 is 11.7 Å². The van der Waals surface area contributed by atoms with Gasteiger partial charge in [0.2, 0.25) is 0 Å². The quantitative estimate of drug-likeness (QED) is 0.892. The van der Waals surface area contributed by atoms with Crippen molar-refractivity contribution in [1.29, 1.82) is 5.26 Å². The average molecular weight is 287 g/mol. The minimum atomic E-state index is -0.420. The van der Waals surface area contributed by atoms with Crippen molar-refractivity contribution in [2.24, 2.45) is 5.92 Å². The second-order valence-electron chi connectivity index (χ2n) is 5.34. The average Bonchev–Trinajstić information content (AvgIpc) is 2.53. The SMILES string of the molecule is COc1cccc(NC(=O)NC(C#N)C2CCCCC2)c1. The van der Waals surface area contributed by atoms with Gasteiger partial charge in [-0.05, 0) is 30.9 Å². The summed E-state index contributed by atoms with van der Waals surface area (Å²) in [5, 5.41) is 14.8. The number of nitrogens with one attached hydrogen (secondary N) is 2. The molecule has 2 amide bonds. The van der Waals surface area contributed by atoms with E-state index in [1.807, 2.05) is 6.07 Å². The fraction of sp³-hybridized carbons (Fsp3) is 0.500. The summed E-state index contributed by atoms with van der Waals surface area (Å²) in [5.74, 6) is 0.941. The standard InChI is InChI=1S/C16H21N3O2/c1-21-14-9-5-8-13(10-14)18-16(20)19-15(11-17)12-6-3-2-4-7-12/h5,8-10,12,15H,2-4,6-7H2,1H3,(H2,18,19,20). The summed E-state index contributed by atoms with van der Waals surface area (Å²) >= 11 is 0. The third-order valence-electron chi connectivity index (χ3n) is 3.87. The first-order chi connectivity index (χ1) is 10.2. The van der Waals surface area contributed by atoms with Crippen LogP contribution in [0.5, 0.6) is 5.75 Å². The van der Waals surface area contributed by atoms with Crippen molar-refractivity contribution in [3.8, 4) is 11.8 Å². The van der Waals surface area contributed by atoms with Crippen LogP contribution in [-0.2, 0) is 0 Å². The lowest BCUT2D eigenvalue weighted by molar-refractivity contribution is 0.241. The molecule has 1 fully saturated rings. The normalized spacial score (nSPS) is 16.6. The number of hydrogen-bond donors (Lipinski definition) is 2. The third kappa shape index (κ3) is 4.38. The van der Waals surface area contributed by atoms with E-state index in [1.165, 1.54) is 6.42 Å². The third-order valence-corrected chi connectivity index (χ3v) is 3.87. The Morgan fingerprint density at radius 3 is 2.81 bits per heavy atom. The Labute approximate surface area is 125 Å². The Morgan fingerprint density at radius 2 is 2.14 bits per heavy atom. The molecule has 5 nitrogen and oxygen atoms in total. The molecule has 0 radical (unpaired) electrons. The van der Waals surface area contributed by atoms with Gasteiger partial charge in [0.05, 0.1) is 13.2 Å². The van der Waals surface area contributed by atoms with Gasteiger partial charge in [-0.2, -0.15) is 5.26 Å². The van der Waals surface area contributed by atoms with Crippen LogP contribution in [0.15, 0.2) is 24.3 Å². The number of nitrogens with zero attached hydrogens (tertiary/aromatic N) is 1. The molecular weight excluding hydrogens is 266 g/mol. The monoisotopic (exact) mass is 287 g/mol. The number of ether oxygens (including phenoxy) is 1. The molecule has 112 valence electrons. The van der Waals surface area contributed by atoms with E-state index in [-0.39, 0.29) is 11.9 Å². The largest absolute Gasteiger partial charge is 0.497 e. The Bertz CT molecular complexity index is 518. The molecular formula is C16H21N3O2. The van der Waals surface area contributed by atoms with Crippen molar-refractivity contribution in [2.45, 2.75) is 38.1 Å². The molecule has 1 atom stereocenters. The van der Waals surface area contributed by atoms with Crippen LogP contribution >= 0.6 is 0 Å². The highest BCUT2D eigenvalue weighted by Gasteiger charge is 2.24. The highest BCUT2D eigenvalue weighted by atomic mass is 16.5. The molecule has 1 aromatic rings. The molecule has 1 unspecified atom stereocenters. The lowest BCUT2D eigenvalue weighted by Gasteiger charge is -2.26. The summed E-state index contributed by atoms with van der Waals surface area (Å²) in [7, 11) is 1.58. The summed E-state index contributed by atoms with van der Waals surface area (Å²) in [6.45, 7) is 0. The van der Waals surface area contributed by atoms with E-state index in [4.69, 9.17) is 4.74 Å². The van der Waals surface area contributed by atoms with Gasteiger partial charge in [0, 0.05) is 11.8 Å². The number of nitriles is 1. The van der Waals surface area contributed by atoms with Gasteiger partial charge >= 0.3 is 6.03 Å². The maximum Gasteiger partial charge on any atom is 0.320 e. The lowest BCUT2D eigenvalue weighted by atomic mass is 9.84. The fourth-order valence-electron chi connectivity index (χ4n) is 2.73. The highest BCUT2D eigenvalue weighted by Crippen LogP contribution is 2.26. The minimum Gasteiger partial charge on any atom is -0.497 e. The summed E-state index contributed by atoms with van der Waals surface area (Å²) in [6.07, 6.45) is 5.53. The van der Waals surface area contributed by atoms with Crippen LogP contribution in [-0.4, -0.2) is 19.2 Å². The Morgan fingerprint density at radius 1 is 1.38 bits per heavy atom. The second-order valence-corrected chi connectivity index (χ2v) is 5.34. The molecule has 0 spiro atoms. The Hall–Kier alpha value is -2.22. The van der Waals surface area contributed by atoms with Gasteiger partial charge in [-0.1, -0.05) is 25.3 Å². The number of urea groups is 1. The predicted octanol–water partition coefficient (Wildman–Crippen LogP) is 3.29. The molecule has 5 heteroatoms. The van der Waals surface area contributed by atoms with Gasteiger partial charge < -0.3 is 15.4 Å². The van der Waals surface area contributed by atoms with Crippen LogP contribution in [0.2, 0.25) is 0 Å². The summed E-state index contributed by atoms with van der Waals surface area (Å²) < 4.78 is 5.11. The van der Waals surface area contributed by atoms with Crippen LogP contribution in [0, 0.1) is 17.2 Å². The van der Waals surface area contributed by atoms with Gasteiger partial charge in [-0.3, -0.25) is 0 Å². The second kappa shape index (κ2) is 7.53. The Kier molecular flexibility index (Phi) is 5.44. The van der Waals surface area contributed by atoms with Gasteiger partial charge in [-0.15, -0.1) is 0 Å². The van der Waals surface area contributed by atoms with Crippen LogP contribution in [0.25, 0.3) is 0 Å². The molecule has 2 N–H and O–H groups in total. The summed E-state index contributed by atoms with van der Waals surface area (Å²) in [4.78, 5) is 12.0. The van der Waals surface area contributed by atoms with E-state index in [0.717, 1.165) is 25.7 Å². The molecule has 2 rings (SSSR count). The summed E-state index contributed by atoms with van der Waals surface area (Å²) in [6, 6.07) is 8.58. The molecule has 0 bridgehead atoms. The maximum absolute atomic E-state index is 12.0. The van der Waals surface area contributed by atoms with E-state index >= 15 is 0 Å². The molecule has 0 aliphatic heterocycles. The van der Waals surface area contributed by atoms with E-state index in [0.29, 0.717) is 11.4 Å². The van der Waals surface area contributed by atoms with E-state index in [2.05, 4.69) is 16.7 Å². The number of hydrogen-bond acceptors (Lipinski definition) is 3. The van der Waals surface area contributed by atoms with Crippen molar-refractivity contribution < 1.29 is 9.53 Å². The first-order valence-corrected chi connectivity index (χ1v) is 7.34. The number of carbonyl (C=O) groups is 1. The number of anilines is 1. The Balaban J connectivity index is 1.91. The van der Waals surface area contributed by atoms with Crippen molar-refractivity contribution in [3.05, 3.63) is 24.3 Å². The minimum absolute atomic E-state index is 0.264. The van der Waals surface area contributed by atoms with Crippen molar-refractivity contribution in [2.75, 3.05) is 12.4 Å². The molecule has 0 aromatic heterocycles. The molecule has 1 aliphatic carbocycles. The fourth-order valence-corrected chi connectivity index (χ4v) is 2.73. The zero-order valence-electron chi connectivity index (χ0n) is 12.3. The van der Waals surface area contributed by atoms with Crippen LogP contribution < -0.4 is 15.4 Å². The predicted molar refractivity (Wildman–Crippen MR) is 81.1 cm³/mol.